The number of alkyl halides is 3. The van der Waals surface area contributed by atoms with Gasteiger partial charge in [0.25, 0.3) is 0 Å². The summed E-state index contributed by atoms with van der Waals surface area (Å²) in [5.74, 6) is -0.493. The maximum absolute atomic E-state index is 12.7. The molecule has 0 aliphatic heterocycles. The number of benzene rings is 3. The van der Waals surface area contributed by atoms with Gasteiger partial charge in [-0.2, -0.15) is 26.7 Å². The van der Waals surface area contributed by atoms with Crippen molar-refractivity contribution in [1.29, 1.82) is 0 Å². The molecule has 172 valence electrons. The summed E-state index contributed by atoms with van der Waals surface area (Å²) in [6.07, 6.45) is -3.30. The van der Waals surface area contributed by atoms with Gasteiger partial charge in [0.1, 0.15) is 4.90 Å². The van der Waals surface area contributed by atoms with Gasteiger partial charge in [-0.1, -0.05) is 40.2 Å². The van der Waals surface area contributed by atoms with Crippen molar-refractivity contribution in [2.24, 2.45) is 5.10 Å². The zero-order valence-electron chi connectivity index (χ0n) is 16.7. The van der Waals surface area contributed by atoms with Crippen LogP contribution in [0, 0.1) is 0 Å². The van der Waals surface area contributed by atoms with Gasteiger partial charge in [-0.25, -0.2) is 5.43 Å². The van der Waals surface area contributed by atoms with Gasteiger partial charge in [-0.05, 0) is 54.1 Å². The molecule has 0 aliphatic carbocycles. The smallest absolute Gasteiger partial charge is 0.378 e. The van der Waals surface area contributed by atoms with Crippen LogP contribution in [-0.4, -0.2) is 20.5 Å². The average molecular weight is 541 g/mol. The standard InChI is InChI=1S/C22H16BrF3N2O4S/c23-18-9-5-15(6-10-18)13-21(29)28-27-14-16-3-1-2-4-20(16)32-33(30,31)19-11-7-17(8-12-19)22(24,25)26/h1-12,14H,13H2,(H,28,29). The van der Waals surface area contributed by atoms with Gasteiger partial charge < -0.3 is 4.18 Å². The van der Waals surface area contributed by atoms with Gasteiger partial charge in [-0.3, -0.25) is 4.79 Å². The summed E-state index contributed by atoms with van der Waals surface area (Å²) in [5, 5.41) is 3.82. The monoisotopic (exact) mass is 540 g/mol. The van der Waals surface area contributed by atoms with Crippen molar-refractivity contribution in [2.45, 2.75) is 17.5 Å². The van der Waals surface area contributed by atoms with Crippen molar-refractivity contribution >= 4 is 38.2 Å². The van der Waals surface area contributed by atoms with E-state index in [0.717, 1.165) is 22.2 Å². The van der Waals surface area contributed by atoms with Crippen LogP contribution in [0.25, 0.3) is 0 Å². The lowest BCUT2D eigenvalue weighted by molar-refractivity contribution is -0.137. The van der Waals surface area contributed by atoms with E-state index in [2.05, 4.69) is 26.5 Å². The molecule has 0 saturated carbocycles. The molecule has 1 N–H and O–H groups in total. The number of hydrazone groups is 1. The summed E-state index contributed by atoms with van der Waals surface area (Å²) in [4.78, 5) is 11.6. The number of para-hydroxylation sites is 1. The minimum atomic E-state index is -4.59. The van der Waals surface area contributed by atoms with E-state index in [-0.39, 0.29) is 23.6 Å². The highest BCUT2D eigenvalue weighted by atomic mass is 79.9. The van der Waals surface area contributed by atoms with Crippen LogP contribution in [0.3, 0.4) is 0 Å². The van der Waals surface area contributed by atoms with E-state index in [4.69, 9.17) is 4.18 Å². The molecule has 0 aliphatic rings. The number of hydrogen-bond acceptors (Lipinski definition) is 5. The molecule has 33 heavy (non-hydrogen) atoms. The van der Waals surface area contributed by atoms with Crippen molar-refractivity contribution in [2.75, 3.05) is 0 Å². The number of hydrogen-bond donors (Lipinski definition) is 1. The zero-order chi connectivity index (χ0) is 24.1. The highest BCUT2D eigenvalue weighted by molar-refractivity contribution is 9.10. The lowest BCUT2D eigenvalue weighted by Crippen LogP contribution is -2.19. The SMILES string of the molecule is O=C(Cc1ccc(Br)cc1)NN=Cc1ccccc1OS(=O)(=O)c1ccc(C(F)(F)F)cc1. The molecule has 0 spiro atoms. The summed E-state index contributed by atoms with van der Waals surface area (Å²) < 4.78 is 69.1. The second-order valence-corrected chi connectivity index (χ2v) is 9.16. The summed E-state index contributed by atoms with van der Waals surface area (Å²) in [6, 6.07) is 16.1. The number of nitrogens with zero attached hydrogens (tertiary/aromatic N) is 1. The van der Waals surface area contributed by atoms with Crippen LogP contribution in [0.1, 0.15) is 16.7 Å². The number of nitrogens with one attached hydrogen (secondary N) is 1. The van der Waals surface area contributed by atoms with E-state index >= 15 is 0 Å². The van der Waals surface area contributed by atoms with Gasteiger partial charge in [0.15, 0.2) is 5.75 Å². The van der Waals surface area contributed by atoms with E-state index in [9.17, 15) is 26.4 Å². The minimum Gasteiger partial charge on any atom is -0.378 e. The van der Waals surface area contributed by atoms with Gasteiger partial charge in [0.05, 0.1) is 18.2 Å². The van der Waals surface area contributed by atoms with Crippen molar-refractivity contribution in [3.05, 3.63) is 94.0 Å². The normalized spacial score (nSPS) is 12.0. The van der Waals surface area contributed by atoms with E-state index in [1.807, 2.05) is 0 Å². The Kier molecular flexibility index (Phi) is 7.54. The fourth-order valence-electron chi connectivity index (χ4n) is 2.64. The van der Waals surface area contributed by atoms with E-state index < -0.39 is 26.8 Å². The van der Waals surface area contributed by atoms with Crippen molar-refractivity contribution in [3.63, 3.8) is 0 Å². The Balaban J connectivity index is 1.69. The molecule has 0 bridgehead atoms. The van der Waals surface area contributed by atoms with Crippen LogP contribution < -0.4 is 9.61 Å². The van der Waals surface area contributed by atoms with Gasteiger partial charge in [-0.15, -0.1) is 0 Å². The Bertz CT molecular complexity index is 1260. The third-order valence-electron chi connectivity index (χ3n) is 4.26. The van der Waals surface area contributed by atoms with E-state index in [1.54, 1.807) is 30.3 Å². The number of halogens is 4. The fourth-order valence-corrected chi connectivity index (χ4v) is 3.86. The Hall–Kier alpha value is -3.18. The Morgan fingerprint density at radius 3 is 2.27 bits per heavy atom. The Labute approximate surface area is 196 Å². The van der Waals surface area contributed by atoms with Crippen LogP contribution in [0.5, 0.6) is 5.75 Å². The minimum absolute atomic E-state index is 0.0884. The van der Waals surface area contributed by atoms with Crippen molar-refractivity contribution in [1.82, 2.24) is 5.43 Å². The molecule has 3 rings (SSSR count). The first-order valence-electron chi connectivity index (χ1n) is 9.32. The molecule has 0 radical (unpaired) electrons. The second-order valence-electron chi connectivity index (χ2n) is 6.69. The van der Waals surface area contributed by atoms with Crippen LogP contribution in [-0.2, 0) is 27.5 Å². The van der Waals surface area contributed by atoms with Crippen LogP contribution in [0.4, 0.5) is 13.2 Å². The molecule has 0 unspecified atom stereocenters. The molecule has 3 aromatic carbocycles. The molecule has 0 saturated heterocycles. The van der Waals surface area contributed by atoms with E-state index in [1.165, 1.54) is 24.4 Å². The molecule has 3 aromatic rings. The lowest BCUT2D eigenvalue weighted by atomic mass is 10.1. The highest BCUT2D eigenvalue weighted by Crippen LogP contribution is 2.30. The lowest BCUT2D eigenvalue weighted by Gasteiger charge is -2.11. The van der Waals surface area contributed by atoms with Gasteiger partial charge >= 0.3 is 16.3 Å². The first-order chi connectivity index (χ1) is 15.5. The molecular weight excluding hydrogens is 525 g/mol. The molecule has 11 heteroatoms. The molecule has 6 nitrogen and oxygen atoms in total. The zero-order valence-corrected chi connectivity index (χ0v) is 19.1. The highest BCUT2D eigenvalue weighted by Gasteiger charge is 2.31. The summed E-state index contributed by atoms with van der Waals surface area (Å²) in [7, 11) is -4.40. The topological polar surface area (TPSA) is 84.8 Å². The molecule has 0 atom stereocenters. The first-order valence-corrected chi connectivity index (χ1v) is 11.5. The van der Waals surface area contributed by atoms with Crippen molar-refractivity contribution < 1.29 is 30.6 Å². The molecular formula is C22H16BrF3N2O4S. The molecule has 0 heterocycles. The maximum atomic E-state index is 12.7. The van der Waals surface area contributed by atoms with Gasteiger partial charge in [0, 0.05) is 10.0 Å². The number of rotatable bonds is 7. The average Bonchev–Trinajstić information content (AvgIpc) is 2.76. The fraction of sp³-hybridized carbons (Fsp3) is 0.0909. The number of amides is 1. The van der Waals surface area contributed by atoms with Crippen LogP contribution in [0.15, 0.2) is 87.3 Å². The van der Waals surface area contributed by atoms with Crippen LogP contribution in [0.2, 0.25) is 0 Å². The quantitative estimate of drug-likeness (QED) is 0.261. The first kappa shape index (κ1) is 24.5. The predicted molar refractivity (Wildman–Crippen MR) is 119 cm³/mol. The Morgan fingerprint density at radius 1 is 1.00 bits per heavy atom. The molecule has 0 aromatic heterocycles. The molecule has 1 amide bonds. The third kappa shape index (κ3) is 6.90. The largest absolute Gasteiger partial charge is 0.416 e. The third-order valence-corrected chi connectivity index (χ3v) is 6.04. The number of carbonyl (C=O) groups is 1. The van der Waals surface area contributed by atoms with Gasteiger partial charge in [0.2, 0.25) is 5.91 Å². The predicted octanol–water partition coefficient (Wildman–Crippen LogP) is 4.93. The summed E-state index contributed by atoms with van der Waals surface area (Å²) in [5.41, 5.74) is 2.37. The van der Waals surface area contributed by atoms with E-state index in [0.29, 0.717) is 12.1 Å². The second kappa shape index (κ2) is 10.2. The summed E-state index contributed by atoms with van der Waals surface area (Å²) in [6.45, 7) is 0. The summed E-state index contributed by atoms with van der Waals surface area (Å²) >= 11 is 3.31. The van der Waals surface area contributed by atoms with Crippen molar-refractivity contribution in [3.8, 4) is 5.75 Å². The van der Waals surface area contributed by atoms with Crippen LogP contribution >= 0.6 is 15.9 Å². The number of carbonyl (C=O) groups excluding carboxylic acids is 1. The molecule has 0 fully saturated rings. The maximum Gasteiger partial charge on any atom is 0.416 e. The Morgan fingerprint density at radius 2 is 1.64 bits per heavy atom.